The predicted molar refractivity (Wildman–Crippen MR) is 96.1 cm³/mol. The molecule has 25 heavy (non-hydrogen) atoms. The molecule has 0 atom stereocenters. The minimum absolute atomic E-state index is 0.132. The summed E-state index contributed by atoms with van der Waals surface area (Å²) in [4.78, 5) is 34.8. The lowest BCUT2D eigenvalue weighted by atomic mass is 10.2. The number of hydrogen-bond donors (Lipinski definition) is 1. The molecule has 2 heterocycles. The first kappa shape index (κ1) is 18.6. The van der Waals surface area contributed by atoms with Crippen molar-refractivity contribution in [3.05, 3.63) is 59.7 Å². The van der Waals surface area contributed by atoms with Gasteiger partial charge in [0.25, 0.3) is 11.8 Å². The van der Waals surface area contributed by atoms with Crippen LogP contribution in [0.4, 0.5) is 0 Å². The Balaban J connectivity index is 2.06. The zero-order valence-corrected chi connectivity index (χ0v) is 14.7. The van der Waals surface area contributed by atoms with Gasteiger partial charge in [0.2, 0.25) is 0 Å². The first-order valence-electron chi connectivity index (χ1n) is 8.58. The summed E-state index contributed by atoms with van der Waals surface area (Å²) in [6.07, 6.45) is 6.64. The molecule has 2 aromatic heterocycles. The van der Waals surface area contributed by atoms with Gasteiger partial charge in [-0.1, -0.05) is 13.8 Å². The molecule has 2 rings (SSSR count). The van der Waals surface area contributed by atoms with E-state index in [9.17, 15) is 9.59 Å². The summed E-state index contributed by atoms with van der Waals surface area (Å²) in [6, 6.07) is 6.86. The standard InChI is InChI=1S/C19H24N4O2/c1-3-11-23(12-4-2)19(25)17-13-16(7-10-21-17)18(24)22-14-15-5-8-20-9-6-15/h5-10,13H,3-4,11-12,14H2,1-2H3,(H,22,24). The van der Waals surface area contributed by atoms with Gasteiger partial charge in [-0.25, -0.2) is 0 Å². The molecule has 0 aromatic carbocycles. The third-order valence-electron chi connectivity index (χ3n) is 3.72. The molecule has 0 bridgehead atoms. The van der Waals surface area contributed by atoms with Crippen LogP contribution in [0.25, 0.3) is 0 Å². The van der Waals surface area contributed by atoms with Gasteiger partial charge in [0.1, 0.15) is 5.69 Å². The van der Waals surface area contributed by atoms with Gasteiger partial charge < -0.3 is 10.2 Å². The lowest BCUT2D eigenvalue weighted by Crippen LogP contribution is -2.33. The van der Waals surface area contributed by atoms with Crippen LogP contribution in [-0.4, -0.2) is 39.8 Å². The Labute approximate surface area is 148 Å². The third-order valence-corrected chi connectivity index (χ3v) is 3.72. The molecule has 6 nitrogen and oxygen atoms in total. The fourth-order valence-electron chi connectivity index (χ4n) is 2.49. The fourth-order valence-corrected chi connectivity index (χ4v) is 2.49. The van der Waals surface area contributed by atoms with E-state index in [-0.39, 0.29) is 11.8 Å². The number of carbonyl (C=O) groups excluding carboxylic acids is 2. The molecule has 1 N–H and O–H groups in total. The van der Waals surface area contributed by atoms with Crippen LogP contribution in [-0.2, 0) is 6.54 Å². The van der Waals surface area contributed by atoms with E-state index < -0.39 is 0 Å². The summed E-state index contributed by atoms with van der Waals surface area (Å²) < 4.78 is 0. The molecule has 0 unspecified atom stereocenters. The van der Waals surface area contributed by atoms with Crippen molar-refractivity contribution >= 4 is 11.8 Å². The van der Waals surface area contributed by atoms with Gasteiger partial charge >= 0.3 is 0 Å². The number of rotatable bonds is 8. The van der Waals surface area contributed by atoms with Crippen LogP contribution in [0.2, 0.25) is 0 Å². The Hall–Kier alpha value is -2.76. The third kappa shape index (κ3) is 5.38. The number of nitrogens with one attached hydrogen (secondary N) is 1. The zero-order valence-electron chi connectivity index (χ0n) is 14.7. The monoisotopic (exact) mass is 340 g/mol. The van der Waals surface area contributed by atoms with E-state index in [2.05, 4.69) is 15.3 Å². The molecule has 0 saturated carbocycles. The second-order valence-electron chi connectivity index (χ2n) is 5.76. The molecular formula is C19H24N4O2. The number of nitrogens with zero attached hydrogens (tertiary/aromatic N) is 3. The van der Waals surface area contributed by atoms with Crippen molar-refractivity contribution in [1.82, 2.24) is 20.2 Å². The molecule has 2 amide bonds. The Morgan fingerprint density at radius 3 is 2.36 bits per heavy atom. The molecule has 0 aliphatic heterocycles. The van der Waals surface area contributed by atoms with E-state index in [0.717, 1.165) is 18.4 Å². The van der Waals surface area contributed by atoms with Crippen molar-refractivity contribution in [2.75, 3.05) is 13.1 Å². The van der Waals surface area contributed by atoms with E-state index in [4.69, 9.17) is 0 Å². The van der Waals surface area contributed by atoms with Gasteiger partial charge in [-0.2, -0.15) is 0 Å². The summed E-state index contributed by atoms with van der Waals surface area (Å²) in [5, 5.41) is 2.84. The molecule has 0 spiro atoms. The minimum Gasteiger partial charge on any atom is -0.348 e. The largest absolute Gasteiger partial charge is 0.348 e. The summed E-state index contributed by atoms with van der Waals surface area (Å²) >= 11 is 0. The maximum Gasteiger partial charge on any atom is 0.272 e. The minimum atomic E-state index is -0.231. The Kier molecular flexibility index (Phi) is 7.07. The molecule has 0 saturated heterocycles. The SMILES string of the molecule is CCCN(CCC)C(=O)c1cc(C(=O)NCc2ccncc2)ccn1. The van der Waals surface area contributed by atoms with Gasteiger partial charge in [0.15, 0.2) is 0 Å². The second-order valence-corrected chi connectivity index (χ2v) is 5.76. The van der Waals surface area contributed by atoms with Crippen LogP contribution in [0.15, 0.2) is 42.9 Å². The van der Waals surface area contributed by atoms with Crippen molar-refractivity contribution in [2.24, 2.45) is 0 Å². The highest BCUT2D eigenvalue weighted by atomic mass is 16.2. The highest BCUT2D eigenvalue weighted by molar-refractivity contribution is 5.98. The van der Waals surface area contributed by atoms with Crippen LogP contribution < -0.4 is 5.32 Å². The number of pyridine rings is 2. The zero-order chi connectivity index (χ0) is 18.1. The first-order chi connectivity index (χ1) is 12.2. The molecule has 2 aromatic rings. The summed E-state index contributed by atoms with van der Waals surface area (Å²) in [5.41, 5.74) is 1.70. The average Bonchev–Trinajstić information content (AvgIpc) is 2.66. The number of hydrogen-bond acceptors (Lipinski definition) is 4. The van der Waals surface area contributed by atoms with Crippen molar-refractivity contribution in [3.63, 3.8) is 0 Å². The van der Waals surface area contributed by atoms with Crippen molar-refractivity contribution in [3.8, 4) is 0 Å². The van der Waals surface area contributed by atoms with Crippen LogP contribution in [0.3, 0.4) is 0 Å². The van der Waals surface area contributed by atoms with Crippen LogP contribution in [0.5, 0.6) is 0 Å². The first-order valence-corrected chi connectivity index (χ1v) is 8.58. The number of amides is 2. The van der Waals surface area contributed by atoms with Gasteiger partial charge in [0, 0.05) is 43.8 Å². The predicted octanol–water partition coefficient (Wildman–Crippen LogP) is 2.67. The van der Waals surface area contributed by atoms with Gasteiger partial charge in [-0.05, 0) is 42.7 Å². The fraction of sp³-hybridized carbons (Fsp3) is 0.368. The lowest BCUT2D eigenvalue weighted by Gasteiger charge is -2.21. The van der Waals surface area contributed by atoms with Gasteiger partial charge in [-0.3, -0.25) is 19.6 Å². The maximum absolute atomic E-state index is 12.6. The normalized spacial score (nSPS) is 10.3. The van der Waals surface area contributed by atoms with E-state index in [1.54, 1.807) is 29.4 Å². The average molecular weight is 340 g/mol. The summed E-state index contributed by atoms with van der Waals surface area (Å²) in [5.74, 6) is -0.363. The van der Waals surface area contributed by atoms with Crippen LogP contribution >= 0.6 is 0 Å². The van der Waals surface area contributed by atoms with E-state index in [1.165, 1.54) is 6.20 Å². The molecule has 6 heteroatoms. The molecule has 0 fully saturated rings. The van der Waals surface area contributed by atoms with E-state index in [0.29, 0.717) is 30.9 Å². The summed E-state index contributed by atoms with van der Waals surface area (Å²) in [7, 11) is 0. The second kappa shape index (κ2) is 9.52. The van der Waals surface area contributed by atoms with Crippen LogP contribution in [0.1, 0.15) is 53.1 Å². The van der Waals surface area contributed by atoms with E-state index in [1.807, 2.05) is 26.0 Å². The van der Waals surface area contributed by atoms with Crippen molar-refractivity contribution in [2.45, 2.75) is 33.2 Å². The quantitative estimate of drug-likeness (QED) is 0.802. The molecule has 0 radical (unpaired) electrons. The van der Waals surface area contributed by atoms with Crippen molar-refractivity contribution in [1.29, 1.82) is 0 Å². The Bertz CT molecular complexity index is 698. The molecule has 0 aliphatic rings. The smallest absolute Gasteiger partial charge is 0.272 e. The lowest BCUT2D eigenvalue weighted by molar-refractivity contribution is 0.0749. The Morgan fingerprint density at radius 2 is 1.72 bits per heavy atom. The van der Waals surface area contributed by atoms with Gasteiger partial charge in [0.05, 0.1) is 0 Å². The molecule has 0 aliphatic carbocycles. The van der Waals surface area contributed by atoms with Crippen molar-refractivity contribution < 1.29 is 9.59 Å². The Morgan fingerprint density at radius 1 is 1.04 bits per heavy atom. The highest BCUT2D eigenvalue weighted by Gasteiger charge is 2.17. The van der Waals surface area contributed by atoms with Crippen LogP contribution in [0, 0.1) is 0 Å². The molecule has 132 valence electrons. The number of carbonyl (C=O) groups is 2. The topological polar surface area (TPSA) is 75.2 Å². The molecular weight excluding hydrogens is 316 g/mol. The highest BCUT2D eigenvalue weighted by Crippen LogP contribution is 2.08. The maximum atomic E-state index is 12.6. The number of aromatic nitrogens is 2. The summed E-state index contributed by atoms with van der Waals surface area (Å²) in [6.45, 7) is 5.85. The van der Waals surface area contributed by atoms with E-state index >= 15 is 0 Å². The van der Waals surface area contributed by atoms with Gasteiger partial charge in [-0.15, -0.1) is 0 Å².